The molecule has 0 bridgehead atoms. The van der Waals surface area contributed by atoms with Gasteiger partial charge in [0.25, 0.3) is 5.91 Å². The van der Waals surface area contributed by atoms with Crippen molar-refractivity contribution in [3.8, 4) is 0 Å². The zero-order valence-electron chi connectivity index (χ0n) is 9.40. The molecule has 17 heavy (non-hydrogen) atoms. The first kappa shape index (κ1) is 13.2. The number of hydrogen-bond acceptors (Lipinski definition) is 3. The minimum Gasteiger partial charge on any atom is -0.396 e. The number of nitrogens with two attached hydrogens (primary N) is 1. The van der Waals surface area contributed by atoms with Crippen LogP contribution in [0.15, 0.2) is 30.9 Å². The molecule has 0 aliphatic carbocycles. The van der Waals surface area contributed by atoms with E-state index in [0.717, 1.165) is 6.07 Å². The van der Waals surface area contributed by atoms with Gasteiger partial charge in [-0.15, -0.1) is 6.58 Å². The Morgan fingerprint density at radius 3 is 2.82 bits per heavy atom. The predicted octanol–water partition coefficient (Wildman–Crippen LogP) is 1.03. The van der Waals surface area contributed by atoms with Crippen molar-refractivity contribution < 1.29 is 14.3 Å². The number of halogens is 1. The molecule has 3 N–H and O–H groups in total. The van der Waals surface area contributed by atoms with Crippen LogP contribution in [0.4, 0.5) is 10.1 Å². The van der Waals surface area contributed by atoms with Gasteiger partial charge in [0.2, 0.25) is 0 Å². The lowest BCUT2D eigenvalue weighted by molar-refractivity contribution is 0.0743. The first-order chi connectivity index (χ1) is 8.10. The lowest BCUT2D eigenvalue weighted by Gasteiger charge is -2.20. The van der Waals surface area contributed by atoms with Crippen LogP contribution in [-0.4, -0.2) is 35.6 Å². The van der Waals surface area contributed by atoms with Gasteiger partial charge in [0.1, 0.15) is 5.82 Å². The molecule has 0 aliphatic rings. The molecular formula is C12H15FN2O2. The van der Waals surface area contributed by atoms with Crippen molar-refractivity contribution in [1.82, 2.24) is 4.90 Å². The molecular weight excluding hydrogens is 223 g/mol. The fourth-order valence-electron chi connectivity index (χ4n) is 1.41. The number of nitrogen functional groups attached to an aromatic ring is 1. The van der Waals surface area contributed by atoms with Gasteiger partial charge < -0.3 is 15.7 Å². The van der Waals surface area contributed by atoms with Crippen LogP contribution < -0.4 is 5.73 Å². The van der Waals surface area contributed by atoms with Gasteiger partial charge in [0.05, 0.1) is 12.3 Å². The molecule has 0 aromatic heterocycles. The molecule has 0 aliphatic heterocycles. The summed E-state index contributed by atoms with van der Waals surface area (Å²) in [7, 11) is 0. The smallest absolute Gasteiger partial charge is 0.254 e. The summed E-state index contributed by atoms with van der Waals surface area (Å²) in [5.74, 6) is -0.871. The summed E-state index contributed by atoms with van der Waals surface area (Å²) in [5, 5.41) is 8.84. The Bertz CT molecular complexity index is 421. The fourth-order valence-corrected chi connectivity index (χ4v) is 1.41. The Hall–Kier alpha value is -1.88. The topological polar surface area (TPSA) is 66.6 Å². The Kier molecular flexibility index (Phi) is 4.66. The Morgan fingerprint density at radius 2 is 2.29 bits per heavy atom. The third-order valence-electron chi connectivity index (χ3n) is 2.25. The summed E-state index contributed by atoms with van der Waals surface area (Å²) < 4.78 is 13.0. The van der Waals surface area contributed by atoms with Gasteiger partial charge >= 0.3 is 0 Å². The Labute approximate surface area is 99.2 Å². The van der Waals surface area contributed by atoms with E-state index >= 15 is 0 Å². The number of carbonyl (C=O) groups is 1. The molecule has 0 heterocycles. The monoisotopic (exact) mass is 238 g/mol. The van der Waals surface area contributed by atoms with Crippen LogP contribution >= 0.6 is 0 Å². The van der Waals surface area contributed by atoms with Crippen molar-refractivity contribution in [2.24, 2.45) is 0 Å². The van der Waals surface area contributed by atoms with Crippen LogP contribution in [-0.2, 0) is 0 Å². The Balaban J connectivity index is 2.92. The van der Waals surface area contributed by atoms with Crippen LogP contribution in [0.2, 0.25) is 0 Å². The second-order valence-electron chi connectivity index (χ2n) is 3.50. The lowest BCUT2D eigenvalue weighted by Crippen LogP contribution is -2.33. The molecule has 1 rings (SSSR count). The molecule has 0 unspecified atom stereocenters. The largest absolute Gasteiger partial charge is 0.396 e. The van der Waals surface area contributed by atoms with Crippen molar-refractivity contribution in [3.63, 3.8) is 0 Å². The molecule has 0 spiro atoms. The third kappa shape index (κ3) is 3.29. The number of anilines is 1. The molecule has 1 amide bonds. The number of carbonyl (C=O) groups excluding carboxylic acids is 1. The molecule has 0 saturated heterocycles. The molecule has 0 fully saturated rings. The second kappa shape index (κ2) is 6.00. The normalized spacial score (nSPS) is 10.0. The van der Waals surface area contributed by atoms with Crippen LogP contribution in [0.1, 0.15) is 10.4 Å². The van der Waals surface area contributed by atoms with E-state index in [2.05, 4.69) is 6.58 Å². The van der Waals surface area contributed by atoms with E-state index in [0.29, 0.717) is 12.1 Å². The summed E-state index contributed by atoms with van der Waals surface area (Å²) in [4.78, 5) is 13.4. The van der Waals surface area contributed by atoms with E-state index < -0.39 is 5.82 Å². The highest BCUT2D eigenvalue weighted by Gasteiger charge is 2.15. The minimum absolute atomic E-state index is 0.0709. The maximum Gasteiger partial charge on any atom is 0.254 e. The highest BCUT2D eigenvalue weighted by atomic mass is 19.1. The number of amides is 1. The predicted molar refractivity (Wildman–Crippen MR) is 64.0 cm³/mol. The van der Waals surface area contributed by atoms with E-state index in [4.69, 9.17) is 10.8 Å². The van der Waals surface area contributed by atoms with Crippen molar-refractivity contribution in [3.05, 3.63) is 42.2 Å². The van der Waals surface area contributed by atoms with Gasteiger partial charge in [-0.2, -0.15) is 0 Å². The van der Waals surface area contributed by atoms with Gasteiger partial charge in [0, 0.05) is 18.7 Å². The average molecular weight is 238 g/mol. The first-order valence-electron chi connectivity index (χ1n) is 5.16. The van der Waals surface area contributed by atoms with Crippen molar-refractivity contribution in [2.45, 2.75) is 0 Å². The van der Waals surface area contributed by atoms with Gasteiger partial charge in [-0.25, -0.2) is 4.39 Å². The first-order valence-corrected chi connectivity index (χ1v) is 5.16. The van der Waals surface area contributed by atoms with Crippen molar-refractivity contribution in [1.29, 1.82) is 0 Å². The maximum atomic E-state index is 13.0. The average Bonchev–Trinajstić information content (AvgIpc) is 2.31. The fraction of sp³-hybridized carbons (Fsp3) is 0.250. The summed E-state index contributed by atoms with van der Waals surface area (Å²) >= 11 is 0. The summed E-state index contributed by atoms with van der Waals surface area (Å²) in [6, 6.07) is 3.79. The SMILES string of the molecule is C=CCN(CCO)C(=O)c1ccc(F)c(N)c1. The zero-order chi connectivity index (χ0) is 12.8. The van der Waals surface area contributed by atoms with Gasteiger partial charge in [-0.3, -0.25) is 4.79 Å². The van der Waals surface area contributed by atoms with Gasteiger partial charge in [0.15, 0.2) is 0 Å². The number of rotatable bonds is 5. The van der Waals surface area contributed by atoms with Gasteiger partial charge in [-0.05, 0) is 18.2 Å². The molecule has 4 nitrogen and oxygen atoms in total. The zero-order valence-corrected chi connectivity index (χ0v) is 9.40. The number of benzene rings is 1. The number of aliphatic hydroxyl groups is 1. The molecule has 92 valence electrons. The highest BCUT2D eigenvalue weighted by Crippen LogP contribution is 2.14. The van der Waals surface area contributed by atoms with Crippen molar-refractivity contribution in [2.75, 3.05) is 25.4 Å². The highest BCUT2D eigenvalue weighted by molar-refractivity contribution is 5.95. The lowest BCUT2D eigenvalue weighted by atomic mass is 10.1. The number of hydrogen-bond donors (Lipinski definition) is 2. The second-order valence-corrected chi connectivity index (χ2v) is 3.50. The van der Waals surface area contributed by atoms with E-state index in [1.165, 1.54) is 17.0 Å². The molecule has 5 heteroatoms. The molecule has 0 atom stereocenters. The van der Waals surface area contributed by atoms with E-state index in [9.17, 15) is 9.18 Å². The summed E-state index contributed by atoms with van der Waals surface area (Å²) in [6.45, 7) is 3.90. The molecule has 0 radical (unpaired) electrons. The molecule has 1 aromatic rings. The van der Waals surface area contributed by atoms with Crippen molar-refractivity contribution >= 4 is 11.6 Å². The van der Waals surface area contributed by atoms with Gasteiger partial charge in [-0.1, -0.05) is 6.08 Å². The van der Waals surface area contributed by atoms with Crippen LogP contribution in [0.5, 0.6) is 0 Å². The quantitative estimate of drug-likeness (QED) is 0.594. The van der Waals surface area contributed by atoms with Crippen LogP contribution in [0, 0.1) is 5.82 Å². The molecule has 0 saturated carbocycles. The standard InChI is InChI=1S/C12H15FN2O2/c1-2-5-15(6-7-16)12(17)9-3-4-10(13)11(14)8-9/h2-4,8,16H,1,5-7,14H2. The van der Waals surface area contributed by atoms with E-state index in [1.54, 1.807) is 6.08 Å². The van der Waals surface area contributed by atoms with Crippen LogP contribution in [0.3, 0.4) is 0 Å². The summed E-state index contributed by atoms with van der Waals surface area (Å²) in [6.07, 6.45) is 1.56. The Morgan fingerprint density at radius 1 is 1.59 bits per heavy atom. The maximum absolute atomic E-state index is 13.0. The van der Waals surface area contributed by atoms with E-state index in [-0.39, 0.29) is 24.7 Å². The number of aliphatic hydroxyl groups excluding tert-OH is 1. The van der Waals surface area contributed by atoms with E-state index in [1.807, 2.05) is 0 Å². The number of nitrogens with zero attached hydrogens (tertiary/aromatic N) is 1. The minimum atomic E-state index is -0.557. The van der Waals surface area contributed by atoms with Crippen LogP contribution in [0.25, 0.3) is 0 Å². The third-order valence-corrected chi connectivity index (χ3v) is 2.25. The summed E-state index contributed by atoms with van der Waals surface area (Å²) in [5.41, 5.74) is 5.61. The molecule has 1 aromatic carbocycles.